The van der Waals surface area contributed by atoms with Crippen LogP contribution in [0.1, 0.15) is 363 Å². The third-order valence-electron chi connectivity index (χ3n) is 16.5. The van der Waals surface area contributed by atoms with E-state index in [9.17, 15) is 43.2 Å². The average Bonchev–Trinajstić information content (AvgIpc) is 3.67. The predicted molar refractivity (Wildman–Crippen MR) is 363 cm³/mol. The summed E-state index contributed by atoms with van der Waals surface area (Å²) in [6.07, 6.45) is 48.7. The van der Waals surface area contributed by atoms with E-state index in [1.165, 1.54) is 180 Å². The number of carbonyl (C=O) groups is 4. The maximum Gasteiger partial charge on any atom is 0.472 e. The summed E-state index contributed by atoms with van der Waals surface area (Å²) in [5.41, 5.74) is 0. The highest BCUT2D eigenvalue weighted by atomic mass is 31.2. The maximum absolute atomic E-state index is 13.0. The molecule has 0 fully saturated rings. The van der Waals surface area contributed by atoms with E-state index in [1.54, 1.807) is 0 Å². The van der Waals surface area contributed by atoms with Crippen molar-refractivity contribution in [3.8, 4) is 0 Å². The van der Waals surface area contributed by atoms with Crippen LogP contribution in [0.3, 0.4) is 0 Å². The summed E-state index contributed by atoms with van der Waals surface area (Å²) < 4.78 is 68.2. The highest BCUT2D eigenvalue weighted by Gasteiger charge is 2.30. The molecule has 0 rings (SSSR count). The smallest absolute Gasteiger partial charge is 0.462 e. The van der Waals surface area contributed by atoms with Gasteiger partial charge in [-0.25, -0.2) is 9.13 Å². The number of unbranched alkanes of at least 4 members (excludes halogenated alkanes) is 40. The zero-order valence-corrected chi connectivity index (χ0v) is 60.2. The summed E-state index contributed by atoms with van der Waals surface area (Å²) in [5.74, 6) is -0.663. The number of hydrogen-bond acceptors (Lipinski definition) is 15. The molecule has 0 heterocycles. The Morgan fingerprint density at radius 3 is 0.756 bits per heavy atom. The van der Waals surface area contributed by atoms with Crippen molar-refractivity contribution >= 4 is 39.5 Å². The van der Waals surface area contributed by atoms with Crippen molar-refractivity contribution in [3.63, 3.8) is 0 Å². The SMILES string of the molecule is CCCCCCCCCCCCCCCCCC(=O)OC[C@H](COP(=O)(O)OC[C@@H](O)COP(=O)(O)OC[C@@H](COC(=O)CCCCCCCCCCC)OC(=O)CCCCCCCCC(C)C)OC(=O)CCCCCCCCCCCCCCCCC(C)C. The first-order chi connectivity index (χ1) is 43.4. The zero-order valence-electron chi connectivity index (χ0n) is 58.4. The average molecular weight is 1330 g/mol. The van der Waals surface area contributed by atoms with Crippen molar-refractivity contribution in [2.24, 2.45) is 11.8 Å². The minimum atomic E-state index is -4.95. The number of hydrogen-bond donors (Lipinski definition) is 3. The highest BCUT2D eigenvalue weighted by molar-refractivity contribution is 7.47. The van der Waals surface area contributed by atoms with Crippen LogP contribution in [0, 0.1) is 11.8 Å². The molecule has 0 saturated heterocycles. The van der Waals surface area contributed by atoms with Gasteiger partial charge < -0.3 is 33.8 Å². The van der Waals surface area contributed by atoms with Gasteiger partial charge in [0.15, 0.2) is 12.2 Å². The van der Waals surface area contributed by atoms with Crippen LogP contribution in [0.5, 0.6) is 0 Å². The molecular weight excluding hydrogens is 1190 g/mol. The van der Waals surface area contributed by atoms with Crippen molar-refractivity contribution in [2.45, 2.75) is 381 Å². The summed E-state index contributed by atoms with van der Waals surface area (Å²) in [6, 6.07) is 0. The Kier molecular flexibility index (Phi) is 61.8. The van der Waals surface area contributed by atoms with Crippen LogP contribution >= 0.6 is 15.6 Å². The Morgan fingerprint density at radius 1 is 0.300 bits per heavy atom. The summed E-state index contributed by atoms with van der Waals surface area (Å²) in [7, 11) is -9.90. The van der Waals surface area contributed by atoms with E-state index in [2.05, 4.69) is 41.5 Å². The first-order valence-corrected chi connectivity index (χ1v) is 40.0. The van der Waals surface area contributed by atoms with Crippen molar-refractivity contribution in [1.29, 1.82) is 0 Å². The van der Waals surface area contributed by atoms with Gasteiger partial charge in [0.2, 0.25) is 0 Å². The first-order valence-electron chi connectivity index (χ1n) is 37.0. The number of phosphoric ester groups is 2. The number of carbonyl (C=O) groups excluding carboxylic acids is 4. The molecule has 0 aliphatic rings. The van der Waals surface area contributed by atoms with Crippen LogP contribution in [-0.4, -0.2) is 96.7 Å². The van der Waals surface area contributed by atoms with Gasteiger partial charge in [0.05, 0.1) is 26.4 Å². The van der Waals surface area contributed by atoms with Gasteiger partial charge in [-0.1, -0.05) is 311 Å². The van der Waals surface area contributed by atoms with Crippen molar-refractivity contribution < 1.29 is 80.2 Å². The molecule has 0 aliphatic carbocycles. The third-order valence-corrected chi connectivity index (χ3v) is 18.4. The molecule has 0 amide bonds. The van der Waals surface area contributed by atoms with E-state index in [0.717, 1.165) is 95.8 Å². The maximum atomic E-state index is 13.0. The summed E-state index contributed by atoms with van der Waals surface area (Å²) in [5, 5.41) is 10.6. The third kappa shape index (κ3) is 64.8. The second-order valence-electron chi connectivity index (χ2n) is 26.6. The molecule has 0 saturated carbocycles. The van der Waals surface area contributed by atoms with Crippen LogP contribution in [0.15, 0.2) is 0 Å². The summed E-state index contributed by atoms with van der Waals surface area (Å²) >= 11 is 0. The van der Waals surface area contributed by atoms with E-state index < -0.39 is 97.5 Å². The molecule has 0 radical (unpaired) electrons. The minimum absolute atomic E-state index is 0.102. The Morgan fingerprint density at radius 2 is 0.511 bits per heavy atom. The lowest BCUT2D eigenvalue weighted by molar-refractivity contribution is -0.161. The van der Waals surface area contributed by atoms with Gasteiger partial charge in [0, 0.05) is 25.7 Å². The molecular formula is C71H138O17P2. The monoisotopic (exact) mass is 1320 g/mol. The molecule has 90 heavy (non-hydrogen) atoms. The fraction of sp³-hybridized carbons (Fsp3) is 0.944. The molecule has 0 aromatic carbocycles. The topological polar surface area (TPSA) is 237 Å². The summed E-state index contributed by atoms with van der Waals surface area (Å²) in [6.45, 7) is 9.47. The number of phosphoric acid groups is 2. The van der Waals surface area contributed by atoms with Gasteiger partial charge in [0.25, 0.3) is 0 Å². The largest absolute Gasteiger partial charge is 0.472 e. The normalized spacial score (nSPS) is 14.1. The lowest BCUT2D eigenvalue weighted by Gasteiger charge is -2.21. The van der Waals surface area contributed by atoms with Gasteiger partial charge in [0.1, 0.15) is 19.3 Å². The zero-order chi connectivity index (χ0) is 66.5. The fourth-order valence-corrected chi connectivity index (χ4v) is 12.3. The van der Waals surface area contributed by atoms with E-state index in [0.29, 0.717) is 31.6 Å². The van der Waals surface area contributed by atoms with E-state index in [1.807, 2.05) is 0 Å². The Bertz CT molecular complexity index is 1750. The molecule has 2 unspecified atom stereocenters. The molecule has 0 bridgehead atoms. The Hall–Kier alpha value is -1.94. The van der Waals surface area contributed by atoms with E-state index >= 15 is 0 Å². The molecule has 19 heteroatoms. The van der Waals surface area contributed by atoms with Crippen molar-refractivity contribution in [3.05, 3.63) is 0 Å². The first kappa shape index (κ1) is 88.1. The molecule has 3 N–H and O–H groups in total. The number of esters is 4. The van der Waals surface area contributed by atoms with Gasteiger partial charge in [-0.3, -0.25) is 37.3 Å². The van der Waals surface area contributed by atoms with Crippen LogP contribution in [0.4, 0.5) is 0 Å². The second kappa shape index (κ2) is 63.1. The van der Waals surface area contributed by atoms with E-state index in [-0.39, 0.29) is 25.7 Å². The number of rotatable bonds is 70. The van der Waals surface area contributed by atoms with E-state index in [4.69, 9.17) is 37.0 Å². The molecule has 0 spiro atoms. The number of aliphatic hydroxyl groups is 1. The molecule has 17 nitrogen and oxygen atoms in total. The Labute approximate surface area is 549 Å². The van der Waals surface area contributed by atoms with Crippen LogP contribution in [0.2, 0.25) is 0 Å². The fourth-order valence-electron chi connectivity index (χ4n) is 10.8. The number of ether oxygens (including phenoxy) is 4. The molecule has 5 atom stereocenters. The summed E-state index contributed by atoms with van der Waals surface area (Å²) in [4.78, 5) is 72.5. The second-order valence-corrected chi connectivity index (χ2v) is 29.5. The lowest BCUT2D eigenvalue weighted by Crippen LogP contribution is -2.30. The van der Waals surface area contributed by atoms with Crippen molar-refractivity contribution in [2.75, 3.05) is 39.6 Å². The van der Waals surface area contributed by atoms with Crippen LogP contribution < -0.4 is 0 Å². The predicted octanol–water partition coefficient (Wildman–Crippen LogP) is 20.4. The number of aliphatic hydroxyl groups excluding tert-OH is 1. The highest BCUT2D eigenvalue weighted by Crippen LogP contribution is 2.45. The lowest BCUT2D eigenvalue weighted by atomic mass is 10.0. The quantitative estimate of drug-likeness (QED) is 0.0222. The molecule has 0 aromatic rings. The van der Waals surface area contributed by atoms with Crippen molar-refractivity contribution in [1.82, 2.24) is 0 Å². The van der Waals surface area contributed by atoms with Gasteiger partial charge in [-0.15, -0.1) is 0 Å². The molecule has 0 aliphatic heterocycles. The minimum Gasteiger partial charge on any atom is -0.462 e. The molecule has 534 valence electrons. The van der Waals surface area contributed by atoms with Gasteiger partial charge in [-0.05, 0) is 37.5 Å². The van der Waals surface area contributed by atoms with Crippen LogP contribution in [-0.2, 0) is 65.4 Å². The van der Waals surface area contributed by atoms with Crippen LogP contribution in [0.25, 0.3) is 0 Å². The molecule has 0 aromatic heterocycles. The van der Waals surface area contributed by atoms with Gasteiger partial charge >= 0.3 is 39.5 Å². The standard InChI is InChI=1S/C71H138O17P2/c1-7-9-11-13-15-17-18-19-20-24-27-31-35-42-48-54-69(74)82-59-66(87-70(75)55-49-43-36-32-28-25-22-21-23-26-30-33-39-45-51-63(3)4)61-85-89(77,78)83-57-65(72)58-84-90(79,80)86-62-67(88-71(76)56-50-44-38-37-40-46-52-64(5)6)60-81-68(73)53-47-41-34-29-16-14-12-10-8-2/h63-67,72H,7-62H2,1-6H3,(H,77,78)(H,79,80)/t65-,66-,67-/m1/s1. The van der Waals surface area contributed by atoms with Gasteiger partial charge in [-0.2, -0.15) is 0 Å². The Balaban J connectivity index is 5.21.